The highest BCUT2D eigenvalue weighted by molar-refractivity contribution is 7.80. The van der Waals surface area contributed by atoms with Crippen LogP contribution < -0.4 is 10.2 Å². The largest absolute Gasteiger partial charge is 0.351 e. The van der Waals surface area contributed by atoms with Gasteiger partial charge in [-0.15, -0.1) is 0 Å². The Kier molecular flexibility index (Phi) is 6.11. The average Bonchev–Trinajstić information content (AvgIpc) is 3.44. The zero-order chi connectivity index (χ0) is 22.9. The lowest BCUT2D eigenvalue weighted by Crippen LogP contribution is -2.30. The fourth-order valence-electron chi connectivity index (χ4n) is 4.36. The predicted octanol–water partition coefficient (Wildman–Crippen LogP) is 6.92. The molecule has 3 heterocycles. The summed E-state index contributed by atoms with van der Waals surface area (Å²) in [6, 6.07) is 23.9. The summed E-state index contributed by atoms with van der Waals surface area (Å²) < 4.78 is 2.10. The van der Waals surface area contributed by atoms with Crippen molar-refractivity contribution in [3.05, 3.63) is 112 Å². The van der Waals surface area contributed by atoms with Crippen molar-refractivity contribution in [2.45, 2.75) is 25.4 Å². The molecule has 1 fully saturated rings. The van der Waals surface area contributed by atoms with Crippen LogP contribution in [0.1, 0.15) is 36.0 Å². The van der Waals surface area contributed by atoms with E-state index in [0.29, 0.717) is 15.2 Å². The molecule has 2 atom stereocenters. The van der Waals surface area contributed by atoms with Gasteiger partial charge in [0.15, 0.2) is 5.11 Å². The second-order valence-electron chi connectivity index (χ2n) is 7.92. The third-order valence-corrected chi connectivity index (χ3v) is 6.83. The van der Waals surface area contributed by atoms with Crippen molar-refractivity contribution < 1.29 is 0 Å². The molecule has 0 radical (unpaired) electrons. The van der Waals surface area contributed by atoms with Gasteiger partial charge in [-0.25, -0.2) is 0 Å². The van der Waals surface area contributed by atoms with Crippen LogP contribution in [-0.4, -0.2) is 14.7 Å². The van der Waals surface area contributed by atoms with E-state index in [1.807, 2.05) is 48.8 Å². The Morgan fingerprint density at radius 3 is 2.52 bits per heavy atom. The van der Waals surface area contributed by atoms with Gasteiger partial charge in [0, 0.05) is 28.8 Å². The Morgan fingerprint density at radius 2 is 1.82 bits per heavy atom. The van der Waals surface area contributed by atoms with E-state index in [1.165, 1.54) is 5.56 Å². The molecular formula is C26H22Cl2N4S. The summed E-state index contributed by atoms with van der Waals surface area (Å²) in [5.74, 6) is 0. The van der Waals surface area contributed by atoms with Gasteiger partial charge >= 0.3 is 0 Å². The highest BCUT2D eigenvalue weighted by Gasteiger charge is 2.42. The molecule has 5 rings (SSSR count). The summed E-state index contributed by atoms with van der Waals surface area (Å²) in [7, 11) is 0. The van der Waals surface area contributed by atoms with Crippen LogP contribution in [0.2, 0.25) is 10.0 Å². The van der Waals surface area contributed by atoms with Gasteiger partial charge in [0.05, 0.1) is 22.4 Å². The van der Waals surface area contributed by atoms with Crippen LogP contribution in [0, 0.1) is 0 Å². The second kappa shape index (κ2) is 9.18. The number of nitrogens with one attached hydrogen (secondary N) is 1. The van der Waals surface area contributed by atoms with E-state index >= 15 is 0 Å². The van der Waals surface area contributed by atoms with Crippen LogP contribution in [0.4, 0.5) is 5.69 Å². The first-order chi connectivity index (χ1) is 16.1. The van der Waals surface area contributed by atoms with Crippen molar-refractivity contribution in [3.8, 4) is 5.69 Å². The van der Waals surface area contributed by atoms with Gasteiger partial charge in [-0.05, 0) is 78.8 Å². The molecule has 0 bridgehead atoms. The number of halogens is 2. The summed E-state index contributed by atoms with van der Waals surface area (Å²) in [6.45, 7) is 2.15. The number of aryl methyl sites for hydroxylation is 1. The Hall–Kier alpha value is -2.86. The second-order valence-corrected chi connectivity index (χ2v) is 9.15. The SMILES string of the molecule is CCc1ccc(N2C(=S)N[C@@H](c3ccccn3)[C@@H]2c2cccn2-c2ccc(Cl)cc2Cl)cc1. The molecule has 2 aromatic carbocycles. The summed E-state index contributed by atoms with van der Waals surface area (Å²) in [5, 5.41) is 5.36. The zero-order valence-electron chi connectivity index (χ0n) is 18.0. The number of aromatic nitrogens is 2. The monoisotopic (exact) mass is 492 g/mol. The van der Waals surface area contributed by atoms with Gasteiger partial charge in [0.25, 0.3) is 0 Å². The van der Waals surface area contributed by atoms with Gasteiger partial charge in [-0.1, -0.05) is 48.3 Å². The summed E-state index contributed by atoms with van der Waals surface area (Å²) in [4.78, 5) is 6.81. The quantitative estimate of drug-likeness (QED) is 0.306. The van der Waals surface area contributed by atoms with E-state index in [0.717, 1.165) is 29.2 Å². The summed E-state index contributed by atoms with van der Waals surface area (Å²) >= 11 is 18.6. The maximum absolute atomic E-state index is 6.60. The molecule has 0 saturated carbocycles. The molecule has 1 aliphatic heterocycles. The van der Waals surface area contributed by atoms with E-state index in [1.54, 1.807) is 6.07 Å². The molecule has 1 saturated heterocycles. The molecule has 1 aliphatic rings. The van der Waals surface area contributed by atoms with Crippen molar-refractivity contribution in [1.29, 1.82) is 0 Å². The van der Waals surface area contributed by atoms with Crippen LogP contribution in [-0.2, 0) is 6.42 Å². The maximum Gasteiger partial charge on any atom is 0.174 e. The van der Waals surface area contributed by atoms with Crippen molar-refractivity contribution in [2.75, 3.05) is 4.90 Å². The van der Waals surface area contributed by atoms with Crippen LogP contribution in [0.15, 0.2) is 85.2 Å². The first-order valence-electron chi connectivity index (χ1n) is 10.8. The topological polar surface area (TPSA) is 33.1 Å². The smallest absolute Gasteiger partial charge is 0.174 e. The van der Waals surface area contributed by atoms with Crippen LogP contribution >= 0.6 is 35.4 Å². The molecule has 0 unspecified atom stereocenters. The van der Waals surface area contributed by atoms with E-state index < -0.39 is 0 Å². The third kappa shape index (κ3) is 4.12. The Balaban J connectivity index is 1.66. The number of hydrogen-bond acceptors (Lipinski definition) is 2. The molecule has 0 amide bonds. The number of anilines is 1. The van der Waals surface area contributed by atoms with E-state index in [2.05, 4.69) is 57.0 Å². The molecule has 33 heavy (non-hydrogen) atoms. The average molecular weight is 493 g/mol. The van der Waals surface area contributed by atoms with Gasteiger partial charge in [-0.2, -0.15) is 0 Å². The number of benzene rings is 2. The Labute approximate surface area is 208 Å². The number of nitrogens with zero attached hydrogens (tertiary/aromatic N) is 3. The number of thiocarbonyl (C=S) groups is 1. The molecule has 4 nitrogen and oxygen atoms in total. The maximum atomic E-state index is 6.60. The van der Waals surface area contributed by atoms with Gasteiger partial charge < -0.3 is 14.8 Å². The van der Waals surface area contributed by atoms with E-state index in [4.69, 9.17) is 35.4 Å². The fraction of sp³-hybridized carbons (Fsp3) is 0.154. The van der Waals surface area contributed by atoms with E-state index in [-0.39, 0.29) is 12.1 Å². The molecule has 2 aromatic heterocycles. The minimum Gasteiger partial charge on any atom is -0.351 e. The number of pyridine rings is 1. The third-order valence-electron chi connectivity index (χ3n) is 5.97. The highest BCUT2D eigenvalue weighted by atomic mass is 35.5. The van der Waals surface area contributed by atoms with Gasteiger partial charge in [0.1, 0.15) is 6.04 Å². The molecule has 166 valence electrons. The Morgan fingerprint density at radius 1 is 1.00 bits per heavy atom. The van der Waals surface area contributed by atoms with Crippen molar-refractivity contribution in [1.82, 2.24) is 14.9 Å². The molecule has 7 heteroatoms. The van der Waals surface area contributed by atoms with Crippen LogP contribution in [0.5, 0.6) is 0 Å². The fourth-order valence-corrected chi connectivity index (χ4v) is 5.20. The van der Waals surface area contributed by atoms with Gasteiger partial charge in [-0.3, -0.25) is 4.98 Å². The standard InChI is InChI=1S/C26H22Cl2N4S/c1-2-17-8-11-19(12-9-17)32-25(24(30-26(32)33)21-6-3-4-14-29-21)23-7-5-15-31(23)22-13-10-18(27)16-20(22)28/h3-16,24-25H,2H2,1H3,(H,30,33)/t24-,25-/m0/s1. The lowest BCUT2D eigenvalue weighted by Gasteiger charge is -2.29. The molecule has 0 spiro atoms. The Bertz CT molecular complexity index is 1290. The summed E-state index contributed by atoms with van der Waals surface area (Å²) in [5.41, 5.74) is 5.14. The minimum absolute atomic E-state index is 0.135. The van der Waals surface area contributed by atoms with Crippen molar-refractivity contribution >= 4 is 46.2 Å². The van der Waals surface area contributed by atoms with Crippen molar-refractivity contribution in [2.24, 2.45) is 0 Å². The zero-order valence-corrected chi connectivity index (χ0v) is 20.3. The molecular weight excluding hydrogens is 471 g/mol. The predicted molar refractivity (Wildman–Crippen MR) is 140 cm³/mol. The normalized spacial score (nSPS) is 17.9. The minimum atomic E-state index is -0.137. The first-order valence-corrected chi connectivity index (χ1v) is 12.0. The summed E-state index contributed by atoms with van der Waals surface area (Å²) in [6.07, 6.45) is 4.81. The van der Waals surface area contributed by atoms with Crippen molar-refractivity contribution in [3.63, 3.8) is 0 Å². The number of hydrogen-bond donors (Lipinski definition) is 1. The number of rotatable bonds is 5. The van der Waals surface area contributed by atoms with Crippen LogP contribution in [0.3, 0.4) is 0 Å². The molecule has 4 aromatic rings. The van der Waals surface area contributed by atoms with E-state index in [9.17, 15) is 0 Å². The van der Waals surface area contributed by atoms with Crippen LogP contribution in [0.25, 0.3) is 5.69 Å². The molecule has 1 N–H and O–H groups in total. The highest BCUT2D eigenvalue weighted by Crippen LogP contribution is 2.42. The lowest BCUT2D eigenvalue weighted by atomic mass is 10.0. The lowest BCUT2D eigenvalue weighted by molar-refractivity contribution is 0.549. The van der Waals surface area contributed by atoms with Gasteiger partial charge in [0.2, 0.25) is 0 Å². The molecule has 0 aliphatic carbocycles. The first kappa shape index (κ1) is 22.0.